The predicted molar refractivity (Wildman–Crippen MR) is 151 cm³/mol. The molecule has 182 valence electrons. The number of nitrogens with zero attached hydrogens (tertiary/aromatic N) is 3. The first kappa shape index (κ1) is 24.0. The molecule has 0 saturated heterocycles. The van der Waals surface area contributed by atoms with Crippen LogP contribution in [0.1, 0.15) is 61.8 Å². The maximum absolute atomic E-state index is 4.61. The highest BCUT2D eigenvalue weighted by atomic mass is 15.2. The molecule has 0 spiro atoms. The summed E-state index contributed by atoms with van der Waals surface area (Å²) in [6.07, 6.45) is 3.98. The molecule has 5 rings (SSSR count). The highest BCUT2D eigenvalue weighted by molar-refractivity contribution is 5.82. The van der Waals surface area contributed by atoms with Crippen LogP contribution < -0.4 is 4.57 Å². The van der Waals surface area contributed by atoms with E-state index in [9.17, 15) is 0 Å². The van der Waals surface area contributed by atoms with Crippen molar-refractivity contribution in [3.63, 3.8) is 0 Å². The first-order valence-corrected chi connectivity index (χ1v) is 12.9. The zero-order valence-corrected chi connectivity index (χ0v) is 22.5. The molecule has 0 fully saturated rings. The van der Waals surface area contributed by atoms with Gasteiger partial charge in [-0.1, -0.05) is 70.2 Å². The van der Waals surface area contributed by atoms with Crippen molar-refractivity contribution >= 4 is 11.0 Å². The van der Waals surface area contributed by atoms with Gasteiger partial charge in [0, 0.05) is 23.5 Å². The van der Waals surface area contributed by atoms with E-state index in [0.29, 0.717) is 11.8 Å². The van der Waals surface area contributed by atoms with E-state index in [1.807, 2.05) is 12.4 Å². The molecule has 0 atom stereocenters. The van der Waals surface area contributed by atoms with Gasteiger partial charge in [0.05, 0.1) is 12.6 Å². The number of hydrogen-bond donors (Lipinski definition) is 0. The van der Waals surface area contributed by atoms with E-state index in [1.165, 1.54) is 61.5 Å². The topological polar surface area (TPSA) is 21.7 Å². The molecule has 0 aliphatic carbocycles. The number of para-hydroxylation sites is 2. The number of aryl methyl sites for hydroxylation is 2. The minimum atomic E-state index is 0.359. The number of pyridine rings is 1. The van der Waals surface area contributed by atoms with Crippen LogP contribution in [0.2, 0.25) is 0 Å². The quantitative estimate of drug-likeness (QED) is 0.236. The second-order valence-corrected chi connectivity index (χ2v) is 10.5. The Morgan fingerprint density at radius 1 is 0.750 bits per heavy atom. The number of imidazole rings is 1. The zero-order chi connectivity index (χ0) is 25.6. The Kier molecular flexibility index (Phi) is 6.26. The summed E-state index contributed by atoms with van der Waals surface area (Å²) in [5, 5.41) is 0. The Labute approximate surface area is 215 Å². The van der Waals surface area contributed by atoms with Crippen molar-refractivity contribution < 1.29 is 4.57 Å². The summed E-state index contributed by atoms with van der Waals surface area (Å²) in [5.74, 6) is 1.88. The lowest BCUT2D eigenvalue weighted by molar-refractivity contribution is -0.633. The van der Waals surface area contributed by atoms with Crippen molar-refractivity contribution in [3.05, 3.63) is 101 Å². The lowest BCUT2D eigenvalue weighted by atomic mass is 9.88. The molecule has 0 aliphatic heterocycles. The van der Waals surface area contributed by atoms with E-state index >= 15 is 0 Å². The molecule has 5 aromatic rings. The summed E-state index contributed by atoms with van der Waals surface area (Å²) in [6.45, 7) is 13.6. The number of rotatable bonds is 5. The van der Waals surface area contributed by atoms with Crippen LogP contribution in [0.3, 0.4) is 0 Å². The molecule has 36 heavy (non-hydrogen) atoms. The van der Waals surface area contributed by atoms with Crippen LogP contribution in [-0.2, 0) is 7.05 Å². The van der Waals surface area contributed by atoms with Crippen LogP contribution in [0.15, 0.2) is 79.1 Å². The Morgan fingerprint density at radius 2 is 1.36 bits per heavy atom. The second-order valence-electron chi connectivity index (χ2n) is 10.5. The SMILES string of the molecule is Cc1cncc(-c2n(-c3c(C(C)C)cc(-c4ccccc4)cc3C(C)C)c3ccccc3[n+]2C)c1C. The first-order valence-electron chi connectivity index (χ1n) is 12.9. The minimum absolute atomic E-state index is 0.359. The van der Waals surface area contributed by atoms with E-state index in [-0.39, 0.29) is 0 Å². The summed E-state index contributed by atoms with van der Waals surface area (Å²) >= 11 is 0. The molecular weight excluding hydrogens is 438 g/mol. The second kappa shape index (κ2) is 9.39. The van der Waals surface area contributed by atoms with Gasteiger partial charge in [-0.15, -0.1) is 0 Å². The third kappa shape index (κ3) is 3.93. The van der Waals surface area contributed by atoms with Crippen molar-refractivity contribution in [2.24, 2.45) is 7.05 Å². The molecule has 0 radical (unpaired) electrons. The highest BCUT2D eigenvalue weighted by Gasteiger charge is 2.32. The summed E-state index contributed by atoms with van der Waals surface area (Å²) in [5.41, 5.74) is 12.6. The van der Waals surface area contributed by atoms with Gasteiger partial charge in [0.15, 0.2) is 11.0 Å². The zero-order valence-electron chi connectivity index (χ0n) is 22.5. The van der Waals surface area contributed by atoms with Crippen LogP contribution in [0.5, 0.6) is 0 Å². The lowest BCUT2D eigenvalue weighted by Gasteiger charge is -2.21. The molecule has 0 saturated carbocycles. The molecule has 2 aromatic heterocycles. The first-order chi connectivity index (χ1) is 17.3. The fraction of sp³-hybridized carbons (Fsp3) is 0.273. The maximum Gasteiger partial charge on any atom is 0.296 e. The normalized spacial score (nSPS) is 11.7. The molecule has 0 N–H and O–H groups in total. The standard InChI is InChI=1S/C33H36N3/c1-21(2)27-17-26(25-13-9-8-10-14-25)18-28(22(3)4)32(27)36-31-16-12-11-15-30(31)35(7)33(36)29-20-34-19-23(5)24(29)6/h8-22H,1-7H3/q+1. The Hall–Kier alpha value is -3.72. The van der Waals surface area contributed by atoms with Crippen molar-refractivity contribution in [2.45, 2.75) is 53.4 Å². The van der Waals surface area contributed by atoms with E-state index in [4.69, 9.17) is 0 Å². The van der Waals surface area contributed by atoms with E-state index in [1.54, 1.807) is 0 Å². The number of fused-ring (bicyclic) bond motifs is 1. The molecule has 0 bridgehead atoms. The fourth-order valence-corrected chi connectivity index (χ4v) is 5.31. The van der Waals surface area contributed by atoms with Crippen LogP contribution >= 0.6 is 0 Å². The monoisotopic (exact) mass is 474 g/mol. The van der Waals surface area contributed by atoms with Crippen molar-refractivity contribution in [1.29, 1.82) is 0 Å². The Bertz CT molecular complexity index is 1530. The Balaban J connectivity index is 1.95. The lowest BCUT2D eigenvalue weighted by Crippen LogP contribution is -2.30. The summed E-state index contributed by atoms with van der Waals surface area (Å²) in [4.78, 5) is 4.61. The third-order valence-corrected chi connectivity index (χ3v) is 7.47. The van der Waals surface area contributed by atoms with Crippen LogP contribution in [0, 0.1) is 13.8 Å². The van der Waals surface area contributed by atoms with E-state index < -0.39 is 0 Å². The molecule has 0 amide bonds. The predicted octanol–water partition coefficient (Wildman–Crippen LogP) is 8.05. The van der Waals surface area contributed by atoms with Gasteiger partial charge in [0.1, 0.15) is 5.69 Å². The van der Waals surface area contributed by atoms with Gasteiger partial charge in [-0.3, -0.25) is 4.98 Å². The van der Waals surface area contributed by atoms with E-state index in [2.05, 4.69) is 129 Å². The van der Waals surface area contributed by atoms with Gasteiger partial charge in [0.25, 0.3) is 5.82 Å². The smallest absolute Gasteiger partial charge is 0.263 e. The summed E-state index contributed by atoms with van der Waals surface area (Å²) in [6, 6.07) is 24.3. The maximum atomic E-state index is 4.61. The number of aromatic nitrogens is 3. The molecular formula is C33H36N3+. The summed E-state index contributed by atoms with van der Waals surface area (Å²) < 4.78 is 4.83. The number of hydrogen-bond acceptors (Lipinski definition) is 1. The largest absolute Gasteiger partial charge is 0.296 e. The minimum Gasteiger partial charge on any atom is -0.263 e. The van der Waals surface area contributed by atoms with E-state index in [0.717, 1.165) is 0 Å². The average molecular weight is 475 g/mol. The molecule has 0 unspecified atom stereocenters. The van der Waals surface area contributed by atoms with Gasteiger partial charge < -0.3 is 0 Å². The molecule has 2 heterocycles. The van der Waals surface area contributed by atoms with Crippen molar-refractivity contribution in [2.75, 3.05) is 0 Å². The van der Waals surface area contributed by atoms with Gasteiger partial charge >= 0.3 is 0 Å². The molecule has 3 heteroatoms. The van der Waals surface area contributed by atoms with Gasteiger partial charge in [0.2, 0.25) is 0 Å². The average Bonchev–Trinajstić information content (AvgIpc) is 3.17. The van der Waals surface area contributed by atoms with Crippen molar-refractivity contribution in [3.8, 4) is 28.2 Å². The van der Waals surface area contributed by atoms with Gasteiger partial charge in [-0.25, -0.2) is 4.57 Å². The van der Waals surface area contributed by atoms with Gasteiger partial charge in [-0.2, -0.15) is 4.57 Å². The van der Waals surface area contributed by atoms with Crippen LogP contribution in [-0.4, -0.2) is 9.55 Å². The Morgan fingerprint density at radius 3 is 2.00 bits per heavy atom. The highest BCUT2D eigenvalue weighted by Crippen LogP contribution is 2.40. The summed E-state index contributed by atoms with van der Waals surface area (Å²) in [7, 11) is 2.18. The third-order valence-electron chi connectivity index (χ3n) is 7.47. The van der Waals surface area contributed by atoms with Crippen LogP contribution in [0.25, 0.3) is 39.2 Å². The fourth-order valence-electron chi connectivity index (χ4n) is 5.31. The van der Waals surface area contributed by atoms with Crippen LogP contribution in [0.4, 0.5) is 0 Å². The molecule has 0 aliphatic rings. The number of benzene rings is 3. The molecule has 3 aromatic carbocycles. The van der Waals surface area contributed by atoms with Gasteiger partial charge in [-0.05, 0) is 72.2 Å². The van der Waals surface area contributed by atoms with Crippen molar-refractivity contribution in [1.82, 2.24) is 9.55 Å². The molecule has 3 nitrogen and oxygen atoms in total.